The minimum absolute atomic E-state index is 0.00523. The first-order valence-electron chi connectivity index (χ1n) is 11.1. The number of amides is 1. The Morgan fingerprint density at radius 3 is 2.31 bits per heavy atom. The molecule has 1 saturated heterocycles. The number of carbonyl (C=O) groups is 2. The molecule has 9 nitrogen and oxygen atoms in total. The van der Waals surface area contributed by atoms with Gasteiger partial charge in [-0.1, -0.05) is 0 Å². The number of aromatic nitrogens is 2. The van der Waals surface area contributed by atoms with Crippen molar-refractivity contribution in [1.82, 2.24) is 14.5 Å². The van der Waals surface area contributed by atoms with Crippen LogP contribution in [0.2, 0.25) is 0 Å². The molecular weight excluding hydrogens is 450 g/mol. The number of aliphatic hydroxyl groups is 1. The Balaban J connectivity index is 1.80. The van der Waals surface area contributed by atoms with Gasteiger partial charge in [-0.3, -0.25) is 9.59 Å². The summed E-state index contributed by atoms with van der Waals surface area (Å²) >= 11 is 0. The maximum atomic E-state index is 13.3. The van der Waals surface area contributed by atoms with Gasteiger partial charge >= 0.3 is 0 Å². The number of Topliss-reactive ketones (excluding diaryl/α,β-unsaturated/α-hetero) is 1. The van der Waals surface area contributed by atoms with E-state index in [1.165, 1.54) is 19.1 Å². The first-order chi connectivity index (χ1) is 17.0. The fourth-order valence-corrected chi connectivity index (χ4v) is 4.23. The fourth-order valence-electron chi connectivity index (χ4n) is 4.23. The summed E-state index contributed by atoms with van der Waals surface area (Å²) in [7, 11) is 4.59. The highest BCUT2D eigenvalue weighted by Gasteiger charge is 2.47. The third kappa shape index (κ3) is 4.70. The van der Waals surface area contributed by atoms with E-state index in [1.807, 2.05) is 10.8 Å². The molecule has 0 radical (unpaired) electrons. The number of hydrogen-bond donors (Lipinski definition) is 1. The van der Waals surface area contributed by atoms with Gasteiger partial charge in [0.05, 0.1) is 39.3 Å². The standard InChI is InChI=1S/C26H27N3O6/c1-33-18-7-5-17(6-8-18)24(30)22-23(20-15-19(34-2)9-10-21(20)35-3)29(26(32)25(22)31)13-4-12-28-14-11-27-16-28/h5-11,14-16,23,30H,4,12-13H2,1-3H3/t23-/m0/s1. The number of aryl methyl sites for hydroxylation is 1. The quantitative estimate of drug-likeness (QED) is 0.286. The molecule has 4 rings (SSSR count). The average molecular weight is 478 g/mol. The van der Waals surface area contributed by atoms with Gasteiger partial charge in [-0.15, -0.1) is 0 Å². The van der Waals surface area contributed by atoms with Crippen LogP contribution in [0.25, 0.3) is 5.76 Å². The topological polar surface area (TPSA) is 103 Å². The van der Waals surface area contributed by atoms with E-state index < -0.39 is 17.7 Å². The van der Waals surface area contributed by atoms with Gasteiger partial charge in [0.2, 0.25) is 0 Å². The molecule has 2 aromatic carbocycles. The summed E-state index contributed by atoms with van der Waals surface area (Å²) in [4.78, 5) is 32.0. The van der Waals surface area contributed by atoms with Crippen LogP contribution >= 0.6 is 0 Å². The van der Waals surface area contributed by atoms with Gasteiger partial charge in [-0.05, 0) is 48.9 Å². The van der Waals surface area contributed by atoms with Crippen molar-refractivity contribution in [2.75, 3.05) is 27.9 Å². The predicted molar refractivity (Wildman–Crippen MR) is 128 cm³/mol. The number of hydrogen-bond acceptors (Lipinski definition) is 7. The number of benzene rings is 2. The molecule has 0 bridgehead atoms. The molecule has 1 atom stereocenters. The summed E-state index contributed by atoms with van der Waals surface area (Å²) in [5.74, 6) is -0.0888. The largest absolute Gasteiger partial charge is 0.507 e. The number of imidazole rings is 1. The molecule has 35 heavy (non-hydrogen) atoms. The van der Waals surface area contributed by atoms with Gasteiger partial charge in [-0.2, -0.15) is 0 Å². The molecule has 0 spiro atoms. The minimum atomic E-state index is -0.857. The van der Waals surface area contributed by atoms with Crippen LogP contribution in [-0.4, -0.2) is 59.1 Å². The third-order valence-corrected chi connectivity index (χ3v) is 6.01. The second-order valence-corrected chi connectivity index (χ2v) is 7.98. The lowest BCUT2D eigenvalue weighted by Crippen LogP contribution is -2.31. The zero-order chi connectivity index (χ0) is 24.9. The van der Waals surface area contributed by atoms with Crippen LogP contribution in [0, 0.1) is 0 Å². The molecule has 182 valence electrons. The number of carbonyl (C=O) groups excluding carboxylic acids is 2. The molecule has 3 aromatic rings. The maximum absolute atomic E-state index is 13.3. The Bertz CT molecular complexity index is 1230. The Morgan fingerprint density at radius 2 is 1.69 bits per heavy atom. The average Bonchev–Trinajstić information content (AvgIpc) is 3.50. The van der Waals surface area contributed by atoms with Crippen LogP contribution in [0.5, 0.6) is 17.2 Å². The fraction of sp³-hybridized carbons (Fsp3) is 0.269. The Kier molecular flexibility index (Phi) is 7.05. The van der Waals surface area contributed by atoms with Crippen molar-refractivity contribution in [3.8, 4) is 17.2 Å². The van der Waals surface area contributed by atoms with Crippen molar-refractivity contribution < 1.29 is 28.9 Å². The Morgan fingerprint density at radius 1 is 0.971 bits per heavy atom. The van der Waals surface area contributed by atoms with Crippen LogP contribution in [0.15, 0.2) is 66.8 Å². The summed E-state index contributed by atoms with van der Waals surface area (Å²) in [5.41, 5.74) is 0.937. The van der Waals surface area contributed by atoms with Gasteiger partial charge in [0.1, 0.15) is 23.0 Å². The highest BCUT2D eigenvalue weighted by Crippen LogP contribution is 2.44. The zero-order valence-electron chi connectivity index (χ0n) is 19.8. The van der Waals surface area contributed by atoms with E-state index in [4.69, 9.17) is 14.2 Å². The lowest BCUT2D eigenvalue weighted by molar-refractivity contribution is -0.140. The SMILES string of the molecule is COc1ccc(C(O)=C2C(=O)C(=O)N(CCCn3ccnc3)[C@H]2c2cc(OC)ccc2OC)cc1. The van der Waals surface area contributed by atoms with Crippen molar-refractivity contribution in [3.63, 3.8) is 0 Å². The number of methoxy groups -OCH3 is 3. The first kappa shape index (κ1) is 23.9. The summed E-state index contributed by atoms with van der Waals surface area (Å²) in [6, 6.07) is 10.9. The highest BCUT2D eigenvalue weighted by molar-refractivity contribution is 6.46. The summed E-state index contributed by atoms with van der Waals surface area (Å²) in [6.07, 6.45) is 5.79. The molecule has 1 N–H and O–H groups in total. The smallest absolute Gasteiger partial charge is 0.295 e. The number of nitrogens with zero attached hydrogens (tertiary/aromatic N) is 3. The highest BCUT2D eigenvalue weighted by atomic mass is 16.5. The van der Waals surface area contributed by atoms with E-state index in [2.05, 4.69) is 4.98 Å². The first-order valence-corrected chi connectivity index (χ1v) is 11.1. The van der Waals surface area contributed by atoms with E-state index in [0.29, 0.717) is 41.3 Å². The number of ether oxygens (including phenoxy) is 3. The van der Waals surface area contributed by atoms with Crippen molar-refractivity contribution in [2.45, 2.75) is 19.0 Å². The monoisotopic (exact) mass is 477 g/mol. The van der Waals surface area contributed by atoms with E-state index in [9.17, 15) is 14.7 Å². The van der Waals surface area contributed by atoms with E-state index >= 15 is 0 Å². The van der Waals surface area contributed by atoms with Crippen molar-refractivity contribution in [3.05, 3.63) is 77.9 Å². The number of rotatable bonds is 9. The lowest BCUT2D eigenvalue weighted by Gasteiger charge is -2.27. The molecule has 1 aliphatic rings. The Labute approximate surface area is 203 Å². The zero-order valence-corrected chi connectivity index (χ0v) is 19.8. The summed E-state index contributed by atoms with van der Waals surface area (Å²) in [5, 5.41) is 11.2. The minimum Gasteiger partial charge on any atom is -0.507 e. The van der Waals surface area contributed by atoms with Crippen molar-refractivity contribution in [2.24, 2.45) is 0 Å². The van der Waals surface area contributed by atoms with E-state index in [0.717, 1.165) is 0 Å². The van der Waals surface area contributed by atoms with Crippen LogP contribution in [-0.2, 0) is 16.1 Å². The molecular formula is C26H27N3O6. The molecule has 9 heteroatoms. The van der Waals surface area contributed by atoms with Crippen molar-refractivity contribution >= 4 is 17.4 Å². The predicted octanol–water partition coefficient (Wildman–Crippen LogP) is 3.42. The summed E-state index contributed by atoms with van der Waals surface area (Å²) < 4.78 is 18.0. The normalized spacial score (nSPS) is 17.0. The Hall–Kier alpha value is -4.27. The summed E-state index contributed by atoms with van der Waals surface area (Å²) in [6.45, 7) is 0.899. The van der Waals surface area contributed by atoms with Gasteiger partial charge < -0.3 is 28.8 Å². The van der Waals surface area contributed by atoms with E-state index in [1.54, 1.807) is 62.1 Å². The van der Waals surface area contributed by atoms with Crippen LogP contribution in [0.4, 0.5) is 0 Å². The second kappa shape index (κ2) is 10.3. The van der Waals surface area contributed by atoms with Gasteiger partial charge in [0.15, 0.2) is 0 Å². The maximum Gasteiger partial charge on any atom is 0.295 e. The molecule has 1 amide bonds. The molecule has 0 saturated carbocycles. The molecule has 0 aliphatic carbocycles. The number of ketones is 1. The second-order valence-electron chi connectivity index (χ2n) is 7.98. The van der Waals surface area contributed by atoms with Crippen molar-refractivity contribution in [1.29, 1.82) is 0 Å². The van der Waals surface area contributed by atoms with Crippen LogP contribution in [0.1, 0.15) is 23.6 Å². The third-order valence-electron chi connectivity index (χ3n) is 6.01. The number of likely N-dealkylation sites (tertiary alicyclic amines) is 1. The molecule has 0 unspecified atom stereocenters. The van der Waals surface area contributed by atoms with Gasteiger partial charge in [-0.25, -0.2) is 4.98 Å². The molecule has 2 heterocycles. The molecule has 1 aliphatic heterocycles. The van der Waals surface area contributed by atoms with Gasteiger partial charge in [0.25, 0.3) is 11.7 Å². The molecule has 1 fully saturated rings. The molecule has 1 aromatic heterocycles. The number of aliphatic hydroxyl groups excluding tert-OH is 1. The van der Waals surface area contributed by atoms with Crippen LogP contribution < -0.4 is 14.2 Å². The van der Waals surface area contributed by atoms with Gasteiger partial charge in [0, 0.05) is 36.6 Å². The van der Waals surface area contributed by atoms with E-state index in [-0.39, 0.29) is 17.9 Å². The lowest BCUT2D eigenvalue weighted by atomic mass is 9.94. The van der Waals surface area contributed by atoms with Crippen LogP contribution in [0.3, 0.4) is 0 Å².